The van der Waals surface area contributed by atoms with Gasteiger partial charge in [0.2, 0.25) is 5.91 Å². The highest BCUT2D eigenvalue weighted by Gasteiger charge is 2.33. The molecule has 8 heteroatoms. The van der Waals surface area contributed by atoms with Crippen molar-refractivity contribution < 1.29 is 22.7 Å². The van der Waals surface area contributed by atoms with Crippen molar-refractivity contribution in [3.8, 4) is 5.75 Å². The van der Waals surface area contributed by atoms with Gasteiger partial charge in [-0.25, -0.2) is 0 Å². The molecule has 1 aromatic heterocycles. The lowest BCUT2D eigenvalue weighted by atomic mass is 10.0. The lowest BCUT2D eigenvalue weighted by molar-refractivity contribution is -0.137. The lowest BCUT2D eigenvalue weighted by Gasteiger charge is -2.11. The smallest absolute Gasteiger partial charge is 0.417 e. The van der Waals surface area contributed by atoms with E-state index in [4.69, 9.17) is 4.74 Å². The van der Waals surface area contributed by atoms with Gasteiger partial charge in [0.25, 0.3) is 5.56 Å². The molecular formula is C15H11F3N2O3. The van der Waals surface area contributed by atoms with E-state index in [2.05, 4.69) is 5.32 Å². The molecule has 0 radical (unpaired) electrons. The lowest BCUT2D eigenvalue weighted by Crippen LogP contribution is -2.26. The third kappa shape index (κ3) is 2.92. The molecule has 3 rings (SSSR count). The first-order valence-electron chi connectivity index (χ1n) is 6.69. The van der Waals surface area contributed by atoms with Gasteiger partial charge >= 0.3 is 6.18 Å². The summed E-state index contributed by atoms with van der Waals surface area (Å²) in [5.74, 6) is -0.731. The first-order chi connectivity index (χ1) is 10.9. The average Bonchev–Trinajstić information content (AvgIpc) is 2.92. The largest absolute Gasteiger partial charge is 0.492 e. The summed E-state index contributed by atoms with van der Waals surface area (Å²) in [6.45, 7) is 0.0715. The molecule has 0 saturated heterocycles. The molecule has 0 bridgehead atoms. The normalized spacial score (nSPS) is 16.6. The van der Waals surface area contributed by atoms with Gasteiger partial charge in [-0.1, -0.05) is 18.2 Å². The summed E-state index contributed by atoms with van der Waals surface area (Å²) in [6.07, 6.45) is -4.06. The zero-order valence-corrected chi connectivity index (χ0v) is 11.6. The number of hydrogen-bond donors (Lipinski definition) is 2. The van der Waals surface area contributed by atoms with E-state index in [0.29, 0.717) is 23.6 Å². The van der Waals surface area contributed by atoms with Crippen LogP contribution >= 0.6 is 0 Å². The van der Waals surface area contributed by atoms with Crippen LogP contribution in [0, 0.1) is 0 Å². The molecule has 1 aliphatic rings. The number of pyridine rings is 1. The molecule has 1 atom stereocenters. The molecule has 0 fully saturated rings. The first-order valence-corrected chi connectivity index (χ1v) is 6.69. The van der Waals surface area contributed by atoms with Crippen molar-refractivity contribution in [1.82, 2.24) is 4.98 Å². The minimum Gasteiger partial charge on any atom is -0.492 e. The number of carbonyl (C=O) groups is 1. The molecule has 5 nitrogen and oxygen atoms in total. The highest BCUT2D eigenvalue weighted by Crippen LogP contribution is 2.34. The van der Waals surface area contributed by atoms with Gasteiger partial charge in [-0.15, -0.1) is 0 Å². The Balaban J connectivity index is 1.86. The third-order valence-electron chi connectivity index (χ3n) is 3.50. The maximum absolute atomic E-state index is 12.7. The molecule has 0 spiro atoms. The van der Waals surface area contributed by atoms with E-state index >= 15 is 0 Å². The number of halogens is 3. The maximum Gasteiger partial charge on any atom is 0.417 e. The number of ether oxygens (including phenoxy) is 1. The molecule has 1 aliphatic heterocycles. The Labute approximate surface area is 128 Å². The summed E-state index contributed by atoms with van der Waals surface area (Å²) in [4.78, 5) is 25.9. The summed E-state index contributed by atoms with van der Waals surface area (Å²) in [5, 5.41) is 2.24. The molecule has 2 N–H and O–H groups in total. The van der Waals surface area contributed by atoms with Gasteiger partial charge in [0, 0.05) is 11.8 Å². The van der Waals surface area contributed by atoms with Crippen molar-refractivity contribution in [2.45, 2.75) is 12.1 Å². The van der Waals surface area contributed by atoms with Crippen LogP contribution in [0.5, 0.6) is 5.75 Å². The van der Waals surface area contributed by atoms with Crippen LogP contribution in [0.15, 0.2) is 41.3 Å². The van der Waals surface area contributed by atoms with Crippen LogP contribution in [0.25, 0.3) is 0 Å². The molecule has 1 aromatic carbocycles. The van der Waals surface area contributed by atoms with E-state index < -0.39 is 34.8 Å². The molecule has 1 amide bonds. The zero-order valence-electron chi connectivity index (χ0n) is 11.6. The van der Waals surface area contributed by atoms with Crippen LogP contribution in [-0.4, -0.2) is 17.5 Å². The fraction of sp³-hybridized carbons (Fsp3) is 0.200. The van der Waals surface area contributed by atoms with Crippen LogP contribution in [0.3, 0.4) is 0 Å². The van der Waals surface area contributed by atoms with Crippen molar-refractivity contribution in [3.63, 3.8) is 0 Å². The van der Waals surface area contributed by atoms with Crippen molar-refractivity contribution >= 4 is 11.6 Å². The number of aromatic amines is 1. The molecule has 2 aromatic rings. The highest BCUT2D eigenvalue weighted by atomic mass is 19.4. The minimum atomic E-state index is -4.62. The average molecular weight is 324 g/mol. The maximum atomic E-state index is 12.7. The number of alkyl halides is 3. The fourth-order valence-electron chi connectivity index (χ4n) is 2.34. The first kappa shape index (κ1) is 15.1. The van der Waals surface area contributed by atoms with Gasteiger partial charge in [0.1, 0.15) is 24.0 Å². The number of hydrogen-bond acceptors (Lipinski definition) is 3. The number of H-pyrrole nitrogens is 1. The number of nitrogens with one attached hydrogen (secondary N) is 2. The third-order valence-corrected chi connectivity index (χ3v) is 3.50. The van der Waals surface area contributed by atoms with Crippen molar-refractivity contribution in [2.75, 3.05) is 11.9 Å². The Morgan fingerprint density at radius 3 is 2.78 bits per heavy atom. The minimum absolute atomic E-state index is 0.0715. The number of rotatable bonds is 2. The Hall–Kier alpha value is -2.77. The zero-order chi connectivity index (χ0) is 16.6. The SMILES string of the molecule is O=C(Nc1cc(C(F)(F)F)c[nH]c1=O)C1COc2ccccc21. The predicted octanol–water partition coefficient (Wildman–Crippen LogP) is 2.51. The van der Waals surface area contributed by atoms with Crippen LogP contribution in [0.2, 0.25) is 0 Å². The molecule has 2 heterocycles. The van der Waals surface area contributed by atoms with Gasteiger partial charge in [0.05, 0.1) is 5.56 Å². The molecular weight excluding hydrogens is 313 g/mol. The van der Waals surface area contributed by atoms with Gasteiger partial charge in [-0.3, -0.25) is 9.59 Å². The summed E-state index contributed by atoms with van der Waals surface area (Å²) in [5.41, 5.74) is -1.67. The van der Waals surface area contributed by atoms with Gasteiger partial charge in [-0.05, 0) is 12.1 Å². The standard InChI is InChI=1S/C15H11F3N2O3/c16-15(17,18)8-5-11(14(22)19-6-8)20-13(21)10-7-23-12-4-2-1-3-9(10)12/h1-6,10H,7H2,(H,19,22)(H,20,21). The van der Waals surface area contributed by atoms with Gasteiger partial charge in [-0.2, -0.15) is 13.2 Å². The number of carbonyl (C=O) groups excluding carboxylic acids is 1. The van der Waals surface area contributed by atoms with Gasteiger partial charge < -0.3 is 15.0 Å². The Kier molecular flexibility index (Phi) is 3.59. The van der Waals surface area contributed by atoms with Crippen LogP contribution in [0.4, 0.5) is 18.9 Å². The highest BCUT2D eigenvalue weighted by molar-refractivity contribution is 5.96. The summed E-state index contributed by atoms with van der Waals surface area (Å²) in [6, 6.07) is 7.47. The number of anilines is 1. The second-order valence-corrected chi connectivity index (χ2v) is 5.02. The predicted molar refractivity (Wildman–Crippen MR) is 75.4 cm³/mol. The second kappa shape index (κ2) is 5.45. The Morgan fingerprint density at radius 1 is 1.30 bits per heavy atom. The van der Waals surface area contributed by atoms with Crippen LogP contribution < -0.4 is 15.6 Å². The molecule has 23 heavy (non-hydrogen) atoms. The number of amides is 1. The molecule has 1 unspecified atom stereocenters. The number of para-hydroxylation sites is 1. The molecule has 0 saturated carbocycles. The van der Waals surface area contributed by atoms with Crippen molar-refractivity contribution in [2.24, 2.45) is 0 Å². The number of aromatic nitrogens is 1. The van der Waals surface area contributed by atoms with E-state index in [9.17, 15) is 22.8 Å². The summed E-state index contributed by atoms with van der Waals surface area (Å²) in [7, 11) is 0. The van der Waals surface area contributed by atoms with E-state index in [1.807, 2.05) is 4.98 Å². The van der Waals surface area contributed by atoms with Crippen molar-refractivity contribution in [1.29, 1.82) is 0 Å². The van der Waals surface area contributed by atoms with E-state index in [1.165, 1.54) is 0 Å². The monoisotopic (exact) mass is 324 g/mol. The van der Waals surface area contributed by atoms with E-state index in [0.717, 1.165) is 0 Å². The van der Waals surface area contributed by atoms with E-state index in [1.54, 1.807) is 24.3 Å². The quantitative estimate of drug-likeness (QED) is 0.892. The van der Waals surface area contributed by atoms with Crippen LogP contribution in [0.1, 0.15) is 17.0 Å². The Morgan fingerprint density at radius 2 is 2.04 bits per heavy atom. The topological polar surface area (TPSA) is 71.2 Å². The molecule has 0 aliphatic carbocycles. The second-order valence-electron chi connectivity index (χ2n) is 5.02. The number of benzene rings is 1. The van der Waals surface area contributed by atoms with E-state index in [-0.39, 0.29) is 6.61 Å². The fourth-order valence-corrected chi connectivity index (χ4v) is 2.34. The van der Waals surface area contributed by atoms with Crippen molar-refractivity contribution in [3.05, 3.63) is 58.0 Å². The van der Waals surface area contributed by atoms with Gasteiger partial charge in [0.15, 0.2) is 0 Å². The Bertz CT molecular complexity index is 814. The summed E-state index contributed by atoms with van der Waals surface area (Å²) >= 11 is 0. The summed E-state index contributed by atoms with van der Waals surface area (Å²) < 4.78 is 43.4. The number of fused-ring (bicyclic) bond motifs is 1. The molecule has 120 valence electrons. The van der Waals surface area contributed by atoms with Crippen LogP contribution in [-0.2, 0) is 11.0 Å².